The highest BCUT2D eigenvalue weighted by molar-refractivity contribution is 7.88. The second kappa shape index (κ2) is 9.20. The number of sulfonamides is 1. The van der Waals surface area contributed by atoms with Crippen LogP contribution in [-0.4, -0.2) is 82.3 Å². The summed E-state index contributed by atoms with van der Waals surface area (Å²) in [6.07, 6.45) is 2.28. The quantitative estimate of drug-likeness (QED) is 0.610. The van der Waals surface area contributed by atoms with Crippen molar-refractivity contribution in [1.82, 2.24) is 23.2 Å². The maximum Gasteiger partial charge on any atom is 0.250 e. The van der Waals surface area contributed by atoms with Gasteiger partial charge in [-0.2, -0.15) is 4.31 Å². The molecule has 190 valence electrons. The van der Waals surface area contributed by atoms with E-state index in [-0.39, 0.29) is 17.2 Å². The third-order valence-electron chi connectivity index (χ3n) is 7.75. The summed E-state index contributed by atoms with van der Waals surface area (Å²) >= 11 is 0. The zero-order chi connectivity index (χ0) is 24.9. The van der Waals surface area contributed by atoms with Crippen molar-refractivity contribution in [2.45, 2.75) is 32.0 Å². The first-order chi connectivity index (χ1) is 16.6. The van der Waals surface area contributed by atoms with E-state index in [0.29, 0.717) is 50.9 Å². The molecule has 0 spiro atoms. The highest BCUT2D eigenvalue weighted by Crippen LogP contribution is 2.35. The molecule has 2 aromatic rings. The number of hydrogen-bond acceptors (Lipinski definition) is 7. The van der Waals surface area contributed by atoms with Crippen LogP contribution in [0.1, 0.15) is 29.4 Å². The summed E-state index contributed by atoms with van der Waals surface area (Å²) < 4.78 is 28.9. The van der Waals surface area contributed by atoms with Gasteiger partial charge in [-0.15, -0.1) is 0 Å². The molecule has 2 fully saturated rings. The number of piperidine rings is 1. The Morgan fingerprint density at radius 1 is 1.00 bits per heavy atom. The van der Waals surface area contributed by atoms with Crippen LogP contribution < -0.4 is 11.0 Å². The van der Waals surface area contributed by atoms with Crippen LogP contribution in [-0.2, 0) is 36.7 Å². The summed E-state index contributed by atoms with van der Waals surface area (Å²) in [6.45, 7) is 5.24. The number of rotatable bonds is 5. The van der Waals surface area contributed by atoms with E-state index in [1.165, 1.54) is 16.6 Å². The zero-order valence-electron chi connectivity index (χ0n) is 20.3. The average molecular weight is 504 g/mol. The molecule has 3 aliphatic rings. The van der Waals surface area contributed by atoms with Gasteiger partial charge in [0.15, 0.2) is 5.75 Å². The Hall–Kier alpha value is -2.47. The van der Waals surface area contributed by atoms with Gasteiger partial charge in [0.25, 0.3) is 5.56 Å². The van der Waals surface area contributed by atoms with Gasteiger partial charge in [-0.25, -0.2) is 8.42 Å². The number of nitrogens with zero attached hydrogens (tertiary/aromatic N) is 5. The third kappa shape index (κ3) is 4.82. The van der Waals surface area contributed by atoms with Crippen LogP contribution in [0.2, 0.25) is 0 Å². The summed E-state index contributed by atoms with van der Waals surface area (Å²) in [5.41, 5.74) is 2.15. The minimum Gasteiger partial charge on any atom is -0.503 e. The lowest BCUT2D eigenvalue weighted by molar-refractivity contribution is 0.112. The Balaban J connectivity index is 1.33. The molecule has 10 nitrogen and oxygen atoms in total. The lowest BCUT2D eigenvalue weighted by Gasteiger charge is -2.43. The van der Waals surface area contributed by atoms with Gasteiger partial charge in [0.05, 0.1) is 11.9 Å². The standard InChI is InChI=1S/C24H33N5O5S/c1-25-19(15-27-12-17-10-18(14-27)20-4-3-5-23(31)29(20)13-17)11-22(30)24(32)21(25)16-26-6-8-28(9-7-26)35(2,33)34/h3-5,11,17-18,32H,6-10,12-16H2,1-2H3/t17-,18-/m0/s1. The molecule has 2 aromatic heterocycles. The van der Waals surface area contributed by atoms with Crippen molar-refractivity contribution in [3.8, 4) is 5.75 Å². The average Bonchev–Trinajstić information content (AvgIpc) is 2.81. The van der Waals surface area contributed by atoms with Crippen LogP contribution in [0.15, 0.2) is 33.9 Å². The molecule has 0 radical (unpaired) electrons. The molecule has 11 heteroatoms. The molecule has 0 amide bonds. The molecule has 0 unspecified atom stereocenters. The van der Waals surface area contributed by atoms with Gasteiger partial charge in [0.1, 0.15) is 0 Å². The molecule has 3 aliphatic heterocycles. The largest absolute Gasteiger partial charge is 0.503 e. The van der Waals surface area contributed by atoms with Crippen molar-refractivity contribution in [3.63, 3.8) is 0 Å². The summed E-state index contributed by atoms with van der Waals surface area (Å²) in [5.74, 6) is 0.433. The van der Waals surface area contributed by atoms with Gasteiger partial charge in [-0.05, 0) is 18.4 Å². The van der Waals surface area contributed by atoms with Crippen molar-refractivity contribution in [2.75, 3.05) is 45.5 Å². The summed E-state index contributed by atoms with van der Waals surface area (Å²) in [7, 11) is -1.35. The van der Waals surface area contributed by atoms with Crippen LogP contribution in [0.25, 0.3) is 0 Å². The Morgan fingerprint density at radius 3 is 2.46 bits per heavy atom. The lowest BCUT2D eigenvalue weighted by atomic mass is 9.83. The maximum atomic E-state index is 12.7. The number of pyridine rings is 2. The van der Waals surface area contributed by atoms with E-state index in [1.807, 2.05) is 28.3 Å². The predicted molar refractivity (Wildman–Crippen MR) is 132 cm³/mol. The molecule has 1 N–H and O–H groups in total. The fourth-order valence-electron chi connectivity index (χ4n) is 5.91. The number of likely N-dealkylation sites (tertiary alicyclic amines) is 1. The van der Waals surface area contributed by atoms with E-state index in [9.17, 15) is 23.1 Å². The topological polar surface area (TPSA) is 108 Å². The van der Waals surface area contributed by atoms with E-state index in [1.54, 1.807) is 6.07 Å². The van der Waals surface area contributed by atoms with Crippen LogP contribution in [0.4, 0.5) is 0 Å². The van der Waals surface area contributed by atoms with Gasteiger partial charge < -0.3 is 14.2 Å². The van der Waals surface area contributed by atoms with E-state index >= 15 is 0 Å². The van der Waals surface area contributed by atoms with Crippen LogP contribution in [0.3, 0.4) is 0 Å². The van der Waals surface area contributed by atoms with Crippen molar-refractivity contribution in [3.05, 3.63) is 61.9 Å². The SMILES string of the molecule is Cn1c(CN2C[C@@H]3C[C@@H](C2)c2cccc(=O)n2C3)cc(=O)c(O)c1CN1CCN(S(C)(=O)=O)CC1. The second-order valence-corrected chi connectivity index (χ2v) is 12.2. The summed E-state index contributed by atoms with van der Waals surface area (Å²) in [4.78, 5) is 29.4. The fraction of sp³-hybridized carbons (Fsp3) is 0.583. The van der Waals surface area contributed by atoms with Crippen LogP contribution in [0.5, 0.6) is 5.75 Å². The Morgan fingerprint density at radius 2 is 1.74 bits per heavy atom. The summed E-state index contributed by atoms with van der Waals surface area (Å²) in [5, 5.41) is 10.6. The molecular formula is C24H33N5O5S. The highest BCUT2D eigenvalue weighted by atomic mass is 32.2. The van der Waals surface area contributed by atoms with Crippen molar-refractivity contribution in [1.29, 1.82) is 0 Å². The Labute approximate surface area is 205 Å². The molecule has 5 rings (SSSR count). The molecular weight excluding hydrogens is 470 g/mol. The molecule has 0 aromatic carbocycles. The maximum absolute atomic E-state index is 12.7. The van der Waals surface area contributed by atoms with E-state index in [4.69, 9.17) is 0 Å². The van der Waals surface area contributed by atoms with E-state index in [0.717, 1.165) is 37.4 Å². The van der Waals surface area contributed by atoms with E-state index in [2.05, 4.69) is 9.80 Å². The smallest absolute Gasteiger partial charge is 0.250 e. The van der Waals surface area contributed by atoms with Crippen molar-refractivity contribution < 1.29 is 13.5 Å². The van der Waals surface area contributed by atoms with Crippen LogP contribution >= 0.6 is 0 Å². The lowest BCUT2D eigenvalue weighted by Crippen LogP contribution is -2.48. The van der Waals surface area contributed by atoms with Crippen LogP contribution in [0, 0.1) is 5.92 Å². The molecule has 2 bridgehead atoms. The Kier molecular flexibility index (Phi) is 6.37. The number of piperazine rings is 1. The monoisotopic (exact) mass is 503 g/mol. The first-order valence-electron chi connectivity index (χ1n) is 12.1. The number of aromatic hydroxyl groups is 1. The Bertz CT molecular complexity index is 1340. The van der Waals surface area contributed by atoms with E-state index < -0.39 is 15.5 Å². The van der Waals surface area contributed by atoms with Gasteiger partial charge in [-0.1, -0.05) is 6.07 Å². The molecule has 35 heavy (non-hydrogen) atoms. The second-order valence-electron chi connectivity index (χ2n) is 10.2. The molecule has 2 saturated heterocycles. The van der Waals surface area contributed by atoms with Gasteiger partial charge in [0.2, 0.25) is 15.5 Å². The number of hydrogen-bond donors (Lipinski definition) is 1. The van der Waals surface area contributed by atoms with Crippen molar-refractivity contribution in [2.24, 2.45) is 13.0 Å². The minimum atomic E-state index is -3.22. The van der Waals surface area contributed by atoms with Gasteiger partial charge in [0, 0.05) is 95.4 Å². The van der Waals surface area contributed by atoms with Gasteiger partial charge >= 0.3 is 0 Å². The third-order valence-corrected chi connectivity index (χ3v) is 9.06. The molecule has 2 atom stereocenters. The number of aromatic nitrogens is 2. The highest BCUT2D eigenvalue weighted by Gasteiger charge is 2.35. The number of fused-ring (bicyclic) bond motifs is 4. The fourth-order valence-corrected chi connectivity index (χ4v) is 6.74. The minimum absolute atomic E-state index is 0.0635. The predicted octanol–water partition coefficient (Wildman–Crippen LogP) is -0.0509. The van der Waals surface area contributed by atoms with Crippen molar-refractivity contribution >= 4 is 10.0 Å². The normalized spacial score (nSPS) is 23.8. The zero-order valence-corrected chi connectivity index (χ0v) is 21.1. The molecule has 0 saturated carbocycles. The molecule has 5 heterocycles. The molecule has 0 aliphatic carbocycles. The first kappa shape index (κ1) is 24.2. The van der Waals surface area contributed by atoms with Gasteiger partial charge in [-0.3, -0.25) is 19.4 Å². The summed E-state index contributed by atoms with van der Waals surface area (Å²) in [6, 6.07) is 7.02. The first-order valence-corrected chi connectivity index (χ1v) is 14.0.